The molecule has 1 aromatic rings. The fourth-order valence-electron chi connectivity index (χ4n) is 3.67. The lowest BCUT2D eigenvalue weighted by molar-refractivity contribution is -0.274. The number of hydrogen-bond acceptors (Lipinski definition) is 4. The molecule has 184 valence electrons. The van der Waals surface area contributed by atoms with Gasteiger partial charge in [0.05, 0.1) is 0 Å². The standard InChI is InChI=1S/C22H34F3N3O3.HI/c1-3-26-20(28-16-21(9-4-10-21)11-12-30-2)27-14-18(15-29)13-17-5-7-19(8-6-17)31-22(23,24)25;/h5-8,18,29H,3-4,9-16H2,1-2H3,(H2,26,27,28);1H. The van der Waals surface area contributed by atoms with E-state index in [-0.39, 0.29) is 47.7 Å². The van der Waals surface area contributed by atoms with Crippen LogP contribution in [0.15, 0.2) is 29.3 Å². The van der Waals surface area contributed by atoms with Crippen molar-refractivity contribution in [1.82, 2.24) is 10.6 Å². The van der Waals surface area contributed by atoms with E-state index in [4.69, 9.17) is 9.73 Å². The first kappa shape index (κ1) is 28.8. The van der Waals surface area contributed by atoms with Crippen molar-refractivity contribution in [2.24, 2.45) is 16.3 Å². The largest absolute Gasteiger partial charge is 0.573 e. The highest BCUT2D eigenvalue weighted by Gasteiger charge is 2.36. The number of hydrogen-bond donors (Lipinski definition) is 3. The highest BCUT2D eigenvalue weighted by molar-refractivity contribution is 14.0. The molecular formula is C22H35F3IN3O3. The quantitative estimate of drug-likeness (QED) is 0.200. The summed E-state index contributed by atoms with van der Waals surface area (Å²) in [4.78, 5) is 4.75. The van der Waals surface area contributed by atoms with E-state index in [0.717, 1.165) is 44.5 Å². The Morgan fingerprint density at radius 1 is 1.22 bits per heavy atom. The number of benzene rings is 1. The summed E-state index contributed by atoms with van der Waals surface area (Å²) in [5.74, 6) is 0.345. The first-order valence-electron chi connectivity index (χ1n) is 10.8. The van der Waals surface area contributed by atoms with Crippen molar-refractivity contribution < 1.29 is 27.8 Å². The maximum atomic E-state index is 12.3. The van der Waals surface area contributed by atoms with Gasteiger partial charge in [-0.05, 0) is 55.7 Å². The molecule has 10 heteroatoms. The second-order valence-corrected chi connectivity index (χ2v) is 8.12. The fraction of sp³-hybridized carbons (Fsp3) is 0.682. The van der Waals surface area contributed by atoms with Crippen LogP contribution in [0.4, 0.5) is 13.2 Å². The lowest BCUT2D eigenvalue weighted by Crippen LogP contribution is -2.42. The van der Waals surface area contributed by atoms with Crippen LogP contribution in [0.1, 0.15) is 38.2 Å². The van der Waals surface area contributed by atoms with Crippen LogP contribution in [-0.2, 0) is 11.2 Å². The van der Waals surface area contributed by atoms with Crippen LogP contribution in [-0.4, -0.2) is 57.4 Å². The monoisotopic (exact) mass is 573 g/mol. The third-order valence-electron chi connectivity index (χ3n) is 5.67. The molecule has 0 amide bonds. The molecule has 0 aromatic heterocycles. The number of aliphatic imine (C=N–C) groups is 1. The Balaban J connectivity index is 0.00000512. The fourth-order valence-corrected chi connectivity index (χ4v) is 3.67. The average molecular weight is 573 g/mol. The number of aliphatic hydroxyl groups excluding tert-OH is 1. The summed E-state index contributed by atoms with van der Waals surface area (Å²) >= 11 is 0. The van der Waals surface area contributed by atoms with Gasteiger partial charge in [0.2, 0.25) is 0 Å². The van der Waals surface area contributed by atoms with E-state index in [1.165, 1.54) is 18.6 Å². The number of aliphatic hydroxyl groups is 1. The van der Waals surface area contributed by atoms with E-state index >= 15 is 0 Å². The van der Waals surface area contributed by atoms with Crippen LogP contribution >= 0.6 is 24.0 Å². The predicted octanol–water partition coefficient (Wildman–Crippen LogP) is 4.12. The summed E-state index contributed by atoms with van der Waals surface area (Å²) < 4.78 is 46.0. The van der Waals surface area contributed by atoms with Crippen LogP contribution < -0.4 is 15.4 Å². The minimum Gasteiger partial charge on any atom is -0.406 e. The molecule has 1 aliphatic rings. The predicted molar refractivity (Wildman–Crippen MR) is 130 cm³/mol. The number of rotatable bonds is 12. The lowest BCUT2D eigenvalue weighted by Gasteiger charge is -2.40. The normalized spacial score (nSPS) is 16.5. The van der Waals surface area contributed by atoms with Gasteiger partial charge in [-0.25, -0.2) is 0 Å². The average Bonchev–Trinajstić information content (AvgIpc) is 2.69. The van der Waals surface area contributed by atoms with Gasteiger partial charge in [-0.3, -0.25) is 4.99 Å². The molecule has 2 rings (SSSR count). The van der Waals surface area contributed by atoms with Gasteiger partial charge < -0.3 is 25.2 Å². The highest BCUT2D eigenvalue weighted by Crippen LogP contribution is 2.44. The molecule has 0 spiro atoms. The summed E-state index contributed by atoms with van der Waals surface area (Å²) in [7, 11) is 1.72. The molecule has 6 nitrogen and oxygen atoms in total. The summed E-state index contributed by atoms with van der Waals surface area (Å²) in [6.07, 6.45) is 0.358. The molecule has 0 heterocycles. The first-order valence-corrected chi connectivity index (χ1v) is 10.8. The molecule has 0 bridgehead atoms. The zero-order valence-electron chi connectivity index (χ0n) is 18.7. The van der Waals surface area contributed by atoms with Crippen LogP contribution in [0, 0.1) is 11.3 Å². The van der Waals surface area contributed by atoms with E-state index < -0.39 is 6.36 Å². The summed E-state index contributed by atoms with van der Waals surface area (Å²) in [6.45, 7) is 4.63. The van der Waals surface area contributed by atoms with E-state index in [0.29, 0.717) is 18.9 Å². The molecule has 1 aliphatic carbocycles. The minimum atomic E-state index is -4.71. The van der Waals surface area contributed by atoms with Crippen molar-refractivity contribution in [3.63, 3.8) is 0 Å². The zero-order chi connectivity index (χ0) is 22.7. The Morgan fingerprint density at radius 2 is 1.91 bits per heavy atom. The van der Waals surface area contributed by atoms with Crippen molar-refractivity contribution in [1.29, 1.82) is 0 Å². The number of ether oxygens (including phenoxy) is 2. The summed E-state index contributed by atoms with van der Waals surface area (Å²) in [5, 5.41) is 16.3. The smallest absolute Gasteiger partial charge is 0.406 e. The first-order chi connectivity index (χ1) is 14.8. The van der Waals surface area contributed by atoms with Crippen LogP contribution in [0.2, 0.25) is 0 Å². The van der Waals surface area contributed by atoms with Crippen LogP contribution in [0.5, 0.6) is 5.75 Å². The van der Waals surface area contributed by atoms with Gasteiger partial charge in [0.25, 0.3) is 0 Å². The summed E-state index contributed by atoms with van der Waals surface area (Å²) in [6, 6.07) is 5.74. The maximum Gasteiger partial charge on any atom is 0.573 e. The van der Waals surface area contributed by atoms with Crippen molar-refractivity contribution in [3.8, 4) is 5.75 Å². The van der Waals surface area contributed by atoms with Crippen molar-refractivity contribution in [3.05, 3.63) is 29.8 Å². The van der Waals surface area contributed by atoms with Gasteiger partial charge in [-0.2, -0.15) is 0 Å². The van der Waals surface area contributed by atoms with E-state index in [1.807, 2.05) is 6.92 Å². The number of nitrogens with zero attached hydrogens (tertiary/aromatic N) is 1. The van der Waals surface area contributed by atoms with E-state index in [9.17, 15) is 18.3 Å². The van der Waals surface area contributed by atoms with Gasteiger partial charge in [-0.1, -0.05) is 18.6 Å². The molecular weight excluding hydrogens is 538 g/mol. The van der Waals surface area contributed by atoms with Crippen molar-refractivity contribution in [2.75, 3.05) is 40.0 Å². The second kappa shape index (κ2) is 14.1. The Bertz CT molecular complexity index is 683. The molecule has 0 radical (unpaired) electrons. The molecule has 32 heavy (non-hydrogen) atoms. The molecule has 1 atom stereocenters. The third kappa shape index (κ3) is 10.1. The third-order valence-corrected chi connectivity index (χ3v) is 5.67. The SMILES string of the molecule is CCNC(=NCC1(CCOC)CCC1)NCC(CO)Cc1ccc(OC(F)(F)F)cc1.I. The van der Waals surface area contributed by atoms with Gasteiger partial charge in [0, 0.05) is 45.9 Å². The number of nitrogens with one attached hydrogen (secondary N) is 2. The highest BCUT2D eigenvalue weighted by atomic mass is 127. The molecule has 1 aromatic carbocycles. The van der Waals surface area contributed by atoms with Gasteiger partial charge >= 0.3 is 6.36 Å². The summed E-state index contributed by atoms with van der Waals surface area (Å²) in [5.41, 5.74) is 1.04. The molecule has 1 saturated carbocycles. The number of guanidine groups is 1. The van der Waals surface area contributed by atoms with Gasteiger partial charge in [0.1, 0.15) is 5.75 Å². The molecule has 1 fully saturated rings. The lowest BCUT2D eigenvalue weighted by atomic mass is 9.67. The van der Waals surface area contributed by atoms with Gasteiger partial charge in [-0.15, -0.1) is 37.1 Å². The van der Waals surface area contributed by atoms with Crippen LogP contribution in [0.3, 0.4) is 0 Å². The minimum absolute atomic E-state index is 0. The van der Waals surface area contributed by atoms with Gasteiger partial charge in [0.15, 0.2) is 5.96 Å². The maximum absolute atomic E-state index is 12.3. The molecule has 0 saturated heterocycles. The zero-order valence-corrected chi connectivity index (χ0v) is 21.0. The Hall–Kier alpha value is -1.27. The van der Waals surface area contributed by atoms with Crippen LogP contribution in [0.25, 0.3) is 0 Å². The number of methoxy groups -OCH3 is 1. The number of alkyl halides is 3. The van der Waals surface area contributed by atoms with Crippen molar-refractivity contribution >= 4 is 29.9 Å². The van der Waals surface area contributed by atoms with E-state index in [1.54, 1.807) is 19.2 Å². The Labute approximate surface area is 205 Å². The molecule has 1 unspecified atom stereocenters. The topological polar surface area (TPSA) is 75.1 Å². The van der Waals surface area contributed by atoms with Crippen molar-refractivity contribution in [2.45, 2.75) is 45.4 Å². The Kier molecular flexibility index (Phi) is 12.7. The molecule has 3 N–H and O–H groups in total. The molecule has 0 aliphatic heterocycles. The number of halogens is 4. The second-order valence-electron chi connectivity index (χ2n) is 8.12. The van der Waals surface area contributed by atoms with E-state index in [2.05, 4.69) is 15.4 Å². The Morgan fingerprint density at radius 3 is 2.41 bits per heavy atom.